The number of nitrogens with zero attached hydrogens (tertiary/aromatic N) is 1. The Morgan fingerprint density at radius 3 is 2.71 bits per heavy atom. The van der Waals surface area contributed by atoms with E-state index in [0.29, 0.717) is 0 Å². The van der Waals surface area contributed by atoms with Crippen molar-refractivity contribution in [3.05, 3.63) is 29.6 Å². The predicted molar refractivity (Wildman–Crippen MR) is 64.1 cm³/mol. The second-order valence-electron chi connectivity index (χ2n) is 4.05. The van der Waals surface area contributed by atoms with Crippen molar-refractivity contribution >= 4 is 11.6 Å². The summed E-state index contributed by atoms with van der Waals surface area (Å²) in [7, 11) is 0. The zero-order valence-electron chi connectivity index (χ0n) is 9.98. The molecule has 0 fully saturated rings. The van der Waals surface area contributed by atoms with E-state index in [1.165, 1.54) is 17.0 Å². The van der Waals surface area contributed by atoms with Crippen molar-refractivity contribution in [2.24, 2.45) is 0 Å². The fourth-order valence-electron chi connectivity index (χ4n) is 1.57. The number of hydrogen-bond acceptors (Lipinski definition) is 3. The molecule has 0 aliphatic heterocycles. The molecule has 0 bridgehead atoms. The molecule has 17 heavy (non-hydrogen) atoms. The number of benzene rings is 1. The Balaban J connectivity index is 3.04. The molecule has 1 rings (SSSR count). The van der Waals surface area contributed by atoms with E-state index in [1.807, 2.05) is 13.8 Å². The largest absolute Gasteiger partial charge is 0.398 e. The van der Waals surface area contributed by atoms with E-state index in [2.05, 4.69) is 0 Å². The third-order valence-corrected chi connectivity index (χ3v) is 2.47. The van der Waals surface area contributed by atoms with Gasteiger partial charge in [0.25, 0.3) is 5.91 Å². The summed E-state index contributed by atoms with van der Waals surface area (Å²) in [5.74, 6) is -0.874. The van der Waals surface area contributed by atoms with E-state index in [0.717, 1.165) is 6.07 Å². The standard InChI is InChI=1S/C12H17FN2O2/c1-8(2)15(5-6-16)12(17)10-7-9(13)3-4-11(10)14/h3-4,7-8,16H,5-6,14H2,1-2H3. The molecule has 94 valence electrons. The molecule has 1 aromatic carbocycles. The molecule has 0 saturated heterocycles. The van der Waals surface area contributed by atoms with Gasteiger partial charge in [0.2, 0.25) is 0 Å². The minimum atomic E-state index is -0.504. The van der Waals surface area contributed by atoms with Crippen LogP contribution in [0, 0.1) is 5.82 Å². The third-order valence-electron chi connectivity index (χ3n) is 2.47. The van der Waals surface area contributed by atoms with Crippen LogP contribution in [0.5, 0.6) is 0 Å². The number of nitrogens with two attached hydrogens (primary N) is 1. The minimum absolute atomic E-state index is 0.0858. The Morgan fingerprint density at radius 1 is 1.53 bits per heavy atom. The number of aliphatic hydroxyl groups is 1. The summed E-state index contributed by atoms with van der Waals surface area (Å²) in [4.78, 5) is 13.6. The molecule has 0 radical (unpaired) electrons. The molecule has 0 atom stereocenters. The number of halogens is 1. The molecule has 5 heteroatoms. The minimum Gasteiger partial charge on any atom is -0.398 e. The van der Waals surface area contributed by atoms with Gasteiger partial charge in [0.15, 0.2) is 0 Å². The zero-order valence-corrected chi connectivity index (χ0v) is 9.98. The van der Waals surface area contributed by atoms with Gasteiger partial charge in [-0.3, -0.25) is 4.79 Å². The van der Waals surface area contributed by atoms with Crippen molar-refractivity contribution in [3.63, 3.8) is 0 Å². The van der Waals surface area contributed by atoms with Gasteiger partial charge in [0, 0.05) is 18.3 Å². The molecule has 0 unspecified atom stereocenters. The maximum Gasteiger partial charge on any atom is 0.256 e. The summed E-state index contributed by atoms with van der Waals surface area (Å²) in [6.45, 7) is 3.71. The average molecular weight is 240 g/mol. The highest BCUT2D eigenvalue weighted by molar-refractivity contribution is 5.99. The van der Waals surface area contributed by atoms with E-state index in [-0.39, 0.29) is 36.4 Å². The van der Waals surface area contributed by atoms with Crippen molar-refractivity contribution in [2.45, 2.75) is 19.9 Å². The van der Waals surface area contributed by atoms with Crippen molar-refractivity contribution in [1.29, 1.82) is 0 Å². The predicted octanol–water partition coefficient (Wildman–Crippen LogP) is 1.25. The van der Waals surface area contributed by atoms with Gasteiger partial charge in [-0.05, 0) is 32.0 Å². The van der Waals surface area contributed by atoms with Gasteiger partial charge < -0.3 is 15.7 Å². The van der Waals surface area contributed by atoms with Crippen LogP contribution in [0.3, 0.4) is 0 Å². The van der Waals surface area contributed by atoms with Crippen molar-refractivity contribution < 1.29 is 14.3 Å². The lowest BCUT2D eigenvalue weighted by molar-refractivity contribution is 0.0666. The molecule has 1 aromatic rings. The first-order valence-electron chi connectivity index (χ1n) is 5.44. The van der Waals surface area contributed by atoms with Crippen molar-refractivity contribution in [3.8, 4) is 0 Å². The van der Waals surface area contributed by atoms with Crippen LogP contribution in [-0.2, 0) is 0 Å². The van der Waals surface area contributed by atoms with Crippen molar-refractivity contribution in [2.75, 3.05) is 18.9 Å². The molecule has 0 spiro atoms. The summed E-state index contributed by atoms with van der Waals surface area (Å²) < 4.78 is 13.1. The fourth-order valence-corrected chi connectivity index (χ4v) is 1.57. The second kappa shape index (κ2) is 5.63. The number of carbonyl (C=O) groups is 1. The van der Waals surface area contributed by atoms with Gasteiger partial charge in [-0.15, -0.1) is 0 Å². The van der Waals surface area contributed by atoms with Crippen LogP contribution in [0.25, 0.3) is 0 Å². The SMILES string of the molecule is CC(C)N(CCO)C(=O)c1cc(F)ccc1N. The number of anilines is 1. The zero-order chi connectivity index (χ0) is 13.0. The Kier molecular flexibility index (Phi) is 4.45. The van der Waals surface area contributed by atoms with Crippen LogP contribution in [-0.4, -0.2) is 35.1 Å². The lowest BCUT2D eigenvalue weighted by atomic mass is 10.1. The second-order valence-corrected chi connectivity index (χ2v) is 4.05. The maximum absolute atomic E-state index is 13.1. The molecular formula is C12H17FN2O2. The first-order valence-corrected chi connectivity index (χ1v) is 5.44. The van der Waals surface area contributed by atoms with Gasteiger partial charge in [-0.1, -0.05) is 0 Å². The lowest BCUT2D eigenvalue weighted by Gasteiger charge is -2.26. The van der Waals surface area contributed by atoms with E-state index >= 15 is 0 Å². The van der Waals surface area contributed by atoms with Gasteiger partial charge in [-0.25, -0.2) is 4.39 Å². The smallest absolute Gasteiger partial charge is 0.256 e. The maximum atomic E-state index is 13.1. The summed E-state index contributed by atoms with van der Waals surface area (Å²) in [5.41, 5.74) is 6.02. The normalized spacial score (nSPS) is 10.6. The van der Waals surface area contributed by atoms with Gasteiger partial charge in [-0.2, -0.15) is 0 Å². The molecule has 0 aliphatic carbocycles. The number of nitrogen functional groups attached to an aromatic ring is 1. The van der Waals surface area contributed by atoms with Gasteiger partial charge in [0.05, 0.1) is 12.2 Å². The third kappa shape index (κ3) is 3.17. The van der Waals surface area contributed by atoms with E-state index < -0.39 is 5.82 Å². The topological polar surface area (TPSA) is 66.6 Å². The number of amides is 1. The van der Waals surface area contributed by atoms with Crippen LogP contribution < -0.4 is 5.73 Å². The quantitative estimate of drug-likeness (QED) is 0.778. The van der Waals surface area contributed by atoms with Crippen LogP contribution >= 0.6 is 0 Å². The van der Waals surface area contributed by atoms with Crippen LogP contribution in [0.15, 0.2) is 18.2 Å². The Morgan fingerprint density at radius 2 is 2.18 bits per heavy atom. The Hall–Kier alpha value is -1.62. The Labute approximate surface area is 99.8 Å². The summed E-state index contributed by atoms with van der Waals surface area (Å²) in [6.07, 6.45) is 0. The van der Waals surface area contributed by atoms with Crippen LogP contribution in [0.2, 0.25) is 0 Å². The Bertz CT molecular complexity index is 407. The number of carbonyl (C=O) groups excluding carboxylic acids is 1. The first kappa shape index (κ1) is 13.4. The number of rotatable bonds is 4. The molecule has 0 aliphatic rings. The van der Waals surface area contributed by atoms with Crippen molar-refractivity contribution in [1.82, 2.24) is 4.90 Å². The monoisotopic (exact) mass is 240 g/mol. The first-order chi connectivity index (χ1) is 7.97. The molecule has 0 heterocycles. The molecule has 0 aromatic heterocycles. The summed E-state index contributed by atoms with van der Waals surface area (Å²) in [6, 6.07) is 3.60. The lowest BCUT2D eigenvalue weighted by Crippen LogP contribution is -2.39. The van der Waals surface area contributed by atoms with Crippen LogP contribution in [0.1, 0.15) is 24.2 Å². The highest BCUT2D eigenvalue weighted by atomic mass is 19.1. The molecule has 0 saturated carbocycles. The average Bonchev–Trinajstić information content (AvgIpc) is 2.28. The van der Waals surface area contributed by atoms with E-state index in [9.17, 15) is 9.18 Å². The van der Waals surface area contributed by atoms with E-state index in [4.69, 9.17) is 10.8 Å². The summed E-state index contributed by atoms with van der Waals surface area (Å²) in [5, 5.41) is 8.91. The van der Waals surface area contributed by atoms with Gasteiger partial charge >= 0.3 is 0 Å². The molecular weight excluding hydrogens is 223 g/mol. The highest BCUT2D eigenvalue weighted by Gasteiger charge is 2.20. The number of hydrogen-bond donors (Lipinski definition) is 2. The molecule has 1 amide bonds. The van der Waals surface area contributed by atoms with Crippen LogP contribution in [0.4, 0.5) is 10.1 Å². The van der Waals surface area contributed by atoms with E-state index in [1.54, 1.807) is 0 Å². The fraction of sp³-hybridized carbons (Fsp3) is 0.417. The molecule has 3 N–H and O–H groups in total. The highest BCUT2D eigenvalue weighted by Crippen LogP contribution is 2.17. The molecule has 4 nitrogen and oxygen atoms in total. The summed E-state index contributed by atoms with van der Waals surface area (Å²) >= 11 is 0. The van der Waals surface area contributed by atoms with Gasteiger partial charge in [0.1, 0.15) is 5.82 Å². The number of aliphatic hydroxyl groups excluding tert-OH is 1.